The fourth-order valence-corrected chi connectivity index (χ4v) is 1.79. The van der Waals surface area contributed by atoms with E-state index in [0.29, 0.717) is 11.3 Å². The molecular formula is C15H13NO3. The number of amides is 1. The Labute approximate surface area is 110 Å². The Morgan fingerprint density at radius 3 is 1.95 bits per heavy atom. The molecule has 0 aromatic heterocycles. The molecule has 2 aromatic rings. The van der Waals surface area contributed by atoms with E-state index in [2.05, 4.69) is 5.32 Å². The van der Waals surface area contributed by atoms with E-state index in [9.17, 15) is 14.7 Å². The van der Waals surface area contributed by atoms with Crippen molar-refractivity contribution in [1.82, 2.24) is 0 Å². The van der Waals surface area contributed by atoms with Gasteiger partial charge >= 0.3 is 5.97 Å². The minimum absolute atomic E-state index is 0.462. The van der Waals surface area contributed by atoms with Crippen LogP contribution < -0.4 is 5.32 Å². The van der Waals surface area contributed by atoms with Crippen molar-refractivity contribution in [2.24, 2.45) is 0 Å². The summed E-state index contributed by atoms with van der Waals surface area (Å²) in [5.41, 5.74) is 1.04. The molecule has 0 aliphatic rings. The first-order valence-electron chi connectivity index (χ1n) is 5.82. The summed E-state index contributed by atoms with van der Waals surface area (Å²) in [6.45, 7) is 0. The predicted octanol–water partition coefficient (Wildman–Crippen LogP) is 2.49. The van der Waals surface area contributed by atoms with Crippen LogP contribution in [-0.2, 0) is 9.59 Å². The number of carboxylic acid groups (broad SMARTS) is 1. The van der Waals surface area contributed by atoms with E-state index in [1.807, 2.05) is 6.07 Å². The van der Waals surface area contributed by atoms with Crippen LogP contribution in [0.5, 0.6) is 0 Å². The van der Waals surface area contributed by atoms with Crippen molar-refractivity contribution >= 4 is 17.6 Å². The maximum Gasteiger partial charge on any atom is 0.320 e. The fourth-order valence-electron chi connectivity index (χ4n) is 1.79. The molecule has 0 fully saturated rings. The molecule has 0 unspecified atom stereocenters. The van der Waals surface area contributed by atoms with Crippen LogP contribution >= 0.6 is 0 Å². The summed E-state index contributed by atoms with van der Waals surface area (Å²) in [4.78, 5) is 23.3. The number of para-hydroxylation sites is 1. The second-order valence-electron chi connectivity index (χ2n) is 4.04. The van der Waals surface area contributed by atoms with Crippen LogP contribution in [0.4, 0.5) is 5.69 Å². The summed E-state index contributed by atoms with van der Waals surface area (Å²) in [5, 5.41) is 11.8. The number of anilines is 1. The molecular weight excluding hydrogens is 242 g/mol. The van der Waals surface area contributed by atoms with Crippen LogP contribution in [0.3, 0.4) is 0 Å². The summed E-state index contributed by atoms with van der Waals surface area (Å²) < 4.78 is 0. The van der Waals surface area contributed by atoms with E-state index in [1.165, 1.54) is 0 Å². The average Bonchev–Trinajstić information content (AvgIpc) is 2.40. The quantitative estimate of drug-likeness (QED) is 0.825. The molecule has 0 radical (unpaired) electrons. The predicted molar refractivity (Wildman–Crippen MR) is 71.9 cm³/mol. The number of carbonyl (C=O) groups is 2. The number of carbonyl (C=O) groups excluding carboxylic acids is 1. The van der Waals surface area contributed by atoms with Crippen LogP contribution in [0.2, 0.25) is 0 Å². The van der Waals surface area contributed by atoms with Gasteiger partial charge in [-0.1, -0.05) is 48.5 Å². The van der Waals surface area contributed by atoms with Gasteiger partial charge in [0.05, 0.1) is 0 Å². The molecule has 2 aromatic carbocycles. The van der Waals surface area contributed by atoms with Crippen LogP contribution in [0.15, 0.2) is 60.7 Å². The second-order valence-corrected chi connectivity index (χ2v) is 4.04. The summed E-state index contributed by atoms with van der Waals surface area (Å²) in [5.74, 6) is -2.93. The Bertz CT molecular complexity index is 566. The van der Waals surface area contributed by atoms with E-state index in [1.54, 1.807) is 54.6 Å². The van der Waals surface area contributed by atoms with E-state index >= 15 is 0 Å². The van der Waals surface area contributed by atoms with Gasteiger partial charge in [-0.3, -0.25) is 9.59 Å². The van der Waals surface area contributed by atoms with Crippen molar-refractivity contribution in [3.63, 3.8) is 0 Å². The van der Waals surface area contributed by atoms with Crippen molar-refractivity contribution < 1.29 is 14.7 Å². The largest absolute Gasteiger partial charge is 0.480 e. The smallest absolute Gasteiger partial charge is 0.320 e. The third-order valence-corrected chi connectivity index (χ3v) is 2.68. The number of rotatable bonds is 4. The van der Waals surface area contributed by atoms with Crippen molar-refractivity contribution in [2.75, 3.05) is 5.32 Å². The van der Waals surface area contributed by atoms with E-state index in [4.69, 9.17) is 0 Å². The Kier molecular flexibility index (Phi) is 3.93. The lowest BCUT2D eigenvalue weighted by atomic mass is 9.98. The summed E-state index contributed by atoms with van der Waals surface area (Å²) in [6, 6.07) is 17.2. The Morgan fingerprint density at radius 2 is 1.42 bits per heavy atom. The van der Waals surface area contributed by atoms with Crippen LogP contribution in [-0.4, -0.2) is 17.0 Å². The summed E-state index contributed by atoms with van der Waals surface area (Å²) >= 11 is 0. The van der Waals surface area contributed by atoms with Crippen LogP contribution in [0.1, 0.15) is 11.5 Å². The topological polar surface area (TPSA) is 66.4 Å². The van der Waals surface area contributed by atoms with Gasteiger partial charge < -0.3 is 10.4 Å². The molecule has 0 aliphatic carbocycles. The summed E-state index contributed by atoms with van der Waals surface area (Å²) in [6.07, 6.45) is 0. The van der Waals surface area contributed by atoms with Gasteiger partial charge in [0.2, 0.25) is 5.91 Å². The minimum atomic E-state index is -1.21. The van der Waals surface area contributed by atoms with Gasteiger partial charge in [-0.2, -0.15) is 0 Å². The van der Waals surface area contributed by atoms with Crippen molar-refractivity contribution in [3.05, 3.63) is 66.2 Å². The molecule has 1 atom stereocenters. The molecule has 1 amide bonds. The molecule has 2 rings (SSSR count). The molecule has 0 saturated carbocycles. The van der Waals surface area contributed by atoms with Gasteiger partial charge in [-0.15, -0.1) is 0 Å². The van der Waals surface area contributed by atoms with Gasteiger partial charge in [0, 0.05) is 5.69 Å². The normalized spacial score (nSPS) is 11.6. The molecule has 19 heavy (non-hydrogen) atoms. The standard InChI is InChI=1S/C15H13NO3/c17-14(16-12-9-5-2-6-10-12)13(15(18)19)11-7-3-1-4-8-11/h1-10,13H,(H,16,17)(H,18,19)/t13-/m1/s1. The van der Waals surface area contributed by atoms with Gasteiger partial charge in [0.15, 0.2) is 5.92 Å². The third-order valence-electron chi connectivity index (χ3n) is 2.68. The highest BCUT2D eigenvalue weighted by atomic mass is 16.4. The highest BCUT2D eigenvalue weighted by molar-refractivity contribution is 6.08. The molecule has 4 nitrogen and oxygen atoms in total. The first-order chi connectivity index (χ1) is 9.18. The number of carboxylic acids is 1. The van der Waals surface area contributed by atoms with E-state index < -0.39 is 17.8 Å². The Balaban J connectivity index is 2.21. The summed E-state index contributed by atoms with van der Waals surface area (Å²) in [7, 11) is 0. The molecule has 0 heterocycles. The highest BCUT2D eigenvalue weighted by Gasteiger charge is 2.27. The fraction of sp³-hybridized carbons (Fsp3) is 0.0667. The van der Waals surface area contributed by atoms with Gasteiger partial charge in [0.25, 0.3) is 0 Å². The first kappa shape index (κ1) is 12.8. The zero-order valence-electron chi connectivity index (χ0n) is 10.1. The van der Waals surface area contributed by atoms with E-state index in [-0.39, 0.29) is 0 Å². The molecule has 0 bridgehead atoms. The molecule has 4 heteroatoms. The first-order valence-corrected chi connectivity index (χ1v) is 5.82. The molecule has 0 spiro atoms. The number of benzene rings is 2. The molecule has 0 saturated heterocycles. The van der Waals surface area contributed by atoms with Crippen LogP contribution in [0, 0.1) is 0 Å². The highest BCUT2D eigenvalue weighted by Crippen LogP contribution is 2.18. The Hall–Kier alpha value is -2.62. The van der Waals surface area contributed by atoms with E-state index in [0.717, 1.165) is 0 Å². The number of hydrogen-bond acceptors (Lipinski definition) is 2. The van der Waals surface area contributed by atoms with Crippen molar-refractivity contribution in [3.8, 4) is 0 Å². The van der Waals surface area contributed by atoms with Gasteiger partial charge in [0.1, 0.15) is 0 Å². The third kappa shape index (κ3) is 3.19. The number of aliphatic carboxylic acids is 1. The second kappa shape index (κ2) is 5.82. The number of nitrogens with one attached hydrogen (secondary N) is 1. The zero-order valence-corrected chi connectivity index (χ0v) is 10.1. The monoisotopic (exact) mass is 255 g/mol. The zero-order chi connectivity index (χ0) is 13.7. The van der Waals surface area contributed by atoms with Crippen molar-refractivity contribution in [1.29, 1.82) is 0 Å². The maximum absolute atomic E-state index is 12.1. The molecule has 0 aliphatic heterocycles. The Morgan fingerprint density at radius 1 is 0.895 bits per heavy atom. The molecule has 96 valence electrons. The molecule has 2 N–H and O–H groups in total. The maximum atomic E-state index is 12.1. The SMILES string of the molecule is O=C(O)[C@@H](C(=O)Nc1ccccc1)c1ccccc1. The lowest BCUT2D eigenvalue weighted by Crippen LogP contribution is -2.27. The van der Waals surface area contributed by atoms with Crippen LogP contribution in [0.25, 0.3) is 0 Å². The lowest BCUT2D eigenvalue weighted by molar-refractivity contribution is -0.141. The average molecular weight is 255 g/mol. The number of hydrogen-bond donors (Lipinski definition) is 2. The minimum Gasteiger partial charge on any atom is -0.480 e. The van der Waals surface area contributed by atoms with Gasteiger partial charge in [-0.05, 0) is 17.7 Å². The lowest BCUT2D eigenvalue weighted by Gasteiger charge is -2.13. The van der Waals surface area contributed by atoms with Gasteiger partial charge in [-0.25, -0.2) is 0 Å². The van der Waals surface area contributed by atoms with Crippen molar-refractivity contribution in [2.45, 2.75) is 5.92 Å².